The molecule has 0 saturated carbocycles. The number of ether oxygens (including phenoxy) is 1. The van der Waals surface area contributed by atoms with E-state index in [4.69, 9.17) is 4.74 Å². The molecular weight excluding hydrogens is 208 g/mol. The largest absolute Gasteiger partial charge is 0.479 e. The molecule has 0 radical (unpaired) electrons. The highest BCUT2D eigenvalue weighted by molar-refractivity contribution is 6.10. The van der Waals surface area contributed by atoms with Crippen LogP contribution in [-0.4, -0.2) is 23.5 Å². The van der Waals surface area contributed by atoms with Crippen LogP contribution in [0.3, 0.4) is 0 Å². The van der Waals surface area contributed by atoms with E-state index in [1.165, 1.54) is 0 Å². The number of epoxide rings is 1. The van der Waals surface area contributed by atoms with Crippen LogP contribution in [0.4, 0.5) is 0 Å². The van der Waals surface area contributed by atoms with Crippen molar-refractivity contribution in [2.75, 3.05) is 0 Å². The van der Waals surface area contributed by atoms with Gasteiger partial charge in [-0.2, -0.15) is 0 Å². The van der Waals surface area contributed by atoms with Gasteiger partial charge in [-0.15, -0.1) is 0 Å². The lowest BCUT2D eigenvalue weighted by Gasteiger charge is -2.16. The topological polar surface area (TPSA) is 66.9 Å². The van der Waals surface area contributed by atoms with Crippen LogP contribution in [0, 0.1) is 0 Å². The molecule has 1 aliphatic carbocycles. The zero-order chi connectivity index (χ0) is 11.3. The third kappa shape index (κ3) is 0.919. The number of allylic oxidation sites excluding steroid dienone is 1. The molecule has 2 atom stereocenters. The van der Waals surface area contributed by atoms with Crippen molar-refractivity contribution in [3.63, 3.8) is 0 Å². The molecule has 4 heteroatoms. The van der Waals surface area contributed by atoms with Gasteiger partial charge in [0.1, 0.15) is 12.4 Å². The van der Waals surface area contributed by atoms with Gasteiger partial charge in [0, 0.05) is 11.1 Å². The molecule has 1 aliphatic heterocycles. The molecular formula is C12H8O4. The second-order valence-corrected chi connectivity index (χ2v) is 3.86. The van der Waals surface area contributed by atoms with Gasteiger partial charge in [-0.05, 0) is 11.6 Å². The van der Waals surface area contributed by atoms with E-state index in [9.17, 15) is 14.7 Å². The number of carboxylic acid groups (broad SMARTS) is 1. The quantitative estimate of drug-likeness (QED) is 0.590. The third-order valence-electron chi connectivity index (χ3n) is 3.07. The van der Waals surface area contributed by atoms with Crippen molar-refractivity contribution < 1.29 is 19.4 Å². The molecule has 1 aromatic rings. The van der Waals surface area contributed by atoms with Crippen LogP contribution >= 0.6 is 0 Å². The zero-order valence-electron chi connectivity index (χ0n) is 8.21. The Bertz CT molecular complexity index is 532. The van der Waals surface area contributed by atoms with Gasteiger partial charge in [-0.3, -0.25) is 4.79 Å². The fourth-order valence-corrected chi connectivity index (χ4v) is 2.24. The van der Waals surface area contributed by atoms with Gasteiger partial charge < -0.3 is 9.84 Å². The highest BCUT2D eigenvalue weighted by Crippen LogP contribution is 2.53. The van der Waals surface area contributed by atoms with Gasteiger partial charge in [-0.1, -0.05) is 24.3 Å². The Kier molecular flexibility index (Phi) is 1.63. The zero-order valence-corrected chi connectivity index (χ0v) is 8.21. The highest BCUT2D eigenvalue weighted by atomic mass is 16.6. The molecule has 1 aromatic carbocycles. The highest BCUT2D eigenvalue weighted by Gasteiger charge is 2.66. The molecule has 80 valence electrons. The van der Waals surface area contributed by atoms with Gasteiger partial charge in [-0.25, -0.2) is 4.79 Å². The monoisotopic (exact) mass is 216 g/mol. The van der Waals surface area contributed by atoms with E-state index in [1.807, 2.05) is 0 Å². The molecule has 16 heavy (non-hydrogen) atoms. The summed E-state index contributed by atoms with van der Waals surface area (Å²) in [5, 5.41) is 9.20. The SMILES string of the molecule is O=CC1=CC2OC2(C(=O)O)c2ccccc21. The predicted octanol–water partition coefficient (Wildman–Crippen LogP) is 0.961. The van der Waals surface area contributed by atoms with E-state index in [0.29, 0.717) is 16.7 Å². The number of benzene rings is 1. The Labute approximate surface area is 91.2 Å². The summed E-state index contributed by atoms with van der Waals surface area (Å²) in [4.78, 5) is 22.1. The normalized spacial score (nSPS) is 29.8. The maximum Gasteiger partial charge on any atom is 0.343 e. The van der Waals surface area contributed by atoms with Crippen molar-refractivity contribution in [2.45, 2.75) is 11.7 Å². The molecule has 1 heterocycles. The van der Waals surface area contributed by atoms with E-state index in [2.05, 4.69) is 0 Å². The van der Waals surface area contributed by atoms with Gasteiger partial charge in [0.25, 0.3) is 0 Å². The lowest BCUT2D eigenvalue weighted by Crippen LogP contribution is -2.27. The summed E-state index contributed by atoms with van der Waals surface area (Å²) in [6.07, 6.45) is 1.79. The smallest absolute Gasteiger partial charge is 0.343 e. The number of rotatable bonds is 2. The molecule has 0 spiro atoms. The first-order chi connectivity index (χ1) is 7.70. The molecule has 1 N–H and O–H groups in total. The van der Waals surface area contributed by atoms with E-state index in [1.54, 1.807) is 30.3 Å². The summed E-state index contributed by atoms with van der Waals surface area (Å²) < 4.78 is 5.25. The fraction of sp³-hybridized carbons (Fsp3) is 0.167. The number of aliphatic carboxylic acids is 1. The number of fused-ring (bicyclic) bond motifs is 3. The average Bonchev–Trinajstić information content (AvgIpc) is 3.03. The first-order valence-corrected chi connectivity index (χ1v) is 4.88. The Morgan fingerprint density at radius 1 is 1.44 bits per heavy atom. The Hall–Kier alpha value is -1.94. The summed E-state index contributed by atoms with van der Waals surface area (Å²) in [6.45, 7) is 0. The number of aldehydes is 1. The molecule has 0 aromatic heterocycles. The molecule has 3 rings (SSSR count). The molecule has 1 saturated heterocycles. The van der Waals surface area contributed by atoms with Crippen molar-refractivity contribution in [1.29, 1.82) is 0 Å². The maximum atomic E-state index is 11.2. The second-order valence-electron chi connectivity index (χ2n) is 3.86. The van der Waals surface area contributed by atoms with Gasteiger partial charge in [0.15, 0.2) is 0 Å². The van der Waals surface area contributed by atoms with Crippen LogP contribution in [0.2, 0.25) is 0 Å². The second kappa shape index (κ2) is 2.80. The van der Waals surface area contributed by atoms with Crippen molar-refractivity contribution in [2.24, 2.45) is 0 Å². The van der Waals surface area contributed by atoms with Crippen LogP contribution in [0.15, 0.2) is 30.3 Å². The summed E-state index contributed by atoms with van der Waals surface area (Å²) in [5.74, 6) is -1.01. The summed E-state index contributed by atoms with van der Waals surface area (Å²) in [6, 6.07) is 6.95. The van der Waals surface area contributed by atoms with Crippen molar-refractivity contribution >= 4 is 17.8 Å². The van der Waals surface area contributed by atoms with Gasteiger partial charge in [0.05, 0.1) is 0 Å². The van der Waals surface area contributed by atoms with E-state index < -0.39 is 17.7 Å². The van der Waals surface area contributed by atoms with Crippen molar-refractivity contribution in [3.8, 4) is 0 Å². The number of hydrogen-bond acceptors (Lipinski definition) is 3. The van der Waals surface area contributed by atoms with E-state index in [-0.39, 0.29) is 0 Å². The summed E-state index contributed by atoms with van der Waals surface area (Å²) in [7, 11) is 0. The average molecular weight is 216 g/mol. The first-order valence-electron chi connectivity index (χ1n) is 4.88. The molecule has 1 fully saturated rings. The third-order valence-corrected chi connectivity index (χ3v) is 3.07. The minimum Gasteiger partial charge on any atom is -0.479 e. The summed E-state index contributed by atoms with van der Waals surface area (Å²) >= 11 is 0. The number of carbonyl (C=O) groups excluding carboxylic acids is 1. The van der Waals surface area contributed by atoms with Crippen LogP contribution < -0.4 is 0 Å². The van der Waals surface area contributed by atoms with E-state index in [0.717, 1.165) is 6.29 Å². The van der Waals surface area contributed by atoms with Crippen LogP contribution in [0.25, 0.3) is 5.57 Å². The lowest BCUT2D eigenvalue weighted by molar-refractivity contribution is -0.143. The van der Waals surface area contributed by atoms with E-state index >= 15 is 0 Å². The standard InChI is InChI=1S/C12H8O4/c13-6-7-5-10-12(16-10,11(14)15)9-4-2-1-3-8(7)9/h1-6,10H,(H,14,15). The predicted molar refractivity (Wildman–Crippen MR) is 54.7 cm³/mol. The van der Waals surface area contributed by atoms with Crippen molar-refractivity contribution in [1.82, 2.24) is 0 Å². The van der Waals surface area contributed by atoms with Gasteiger partial charge >= 0.3 is 5.97 Å². The fourth-order valence-electron chi connectivity index (χ4n) is 2.24. The molecule has 2 aliphatic rings. The molecule has 2 unspecified atom stereocenters. The molecule has 4 nitrogen and oxygen atoms in total. The minimum absolute atomic E-state index is 0.495. The van der Waals surface area contributed by atoms with Crippen LogP contribution in [0.5, 0.6) is 0 Å². The number of carboxylic acids is 1. The lowest BCUT2D eigenvalue weighted by atomic mass is 9.83. The van der Waals surface area contributed by atoms with Crippen LogP contribution in [-0.2, 0) is 19.9 Å². The maximum absolute atomic E-state index is 11.2. The Morgan fingerprint density at radius 2 is 2.19 bits per heavy atom. The first kappa shape index (κ1) is 9.30. The van der Waals surface area contributed by atoms with Crippen LogP contribution in [0.1, 0.15) is 11.1 Å². The molecule has 0 amide bonds. The Balaban J connectivity index is 2.26. The van der Waals surface area contributed by atoms with Crippen molar-refractivity contribution in [3.05, 3.63) is 41.5 Å². The number of carbonyl (C=O) groups is 2. The Morgan fingerprint density at radius 3 is 2.88 bits per heavy atom. The number of hydrogen-bond donors (Lipinski definition) is 1. The summed E-state index contributed by atoms with van der Waals surface area (Å²) in [5.41, 5.74) is 0.448. The molecule has 0 bridgehead atoms. The van der Waals surface area contributed by atoms with Gasteiger partial charge in [0.2, 0.25) is 5.60 Å². The minimum atomic E-state index is -1.26.